The molecule has 8 nitrogen and oxygen atoms in total. The van der Waals surface area contributed by atoms with Crippen LogP contribution in [0, 0.1) is 11.6 Å². The number of benzene rings is 2. The summed E-state index contributed by atoms with van der Waals surface area (Å²) < 4.78 is 58.8. The molecule has 0 aliphatic carbocycles. The molecule has 2 aliphatic heterocycles. The maximum Gasteiger partial charge on any atom is 0.410 e. The monoisotopic (exact) mass is 496 g/mol. The van der Waals surface area contributed by atoms with Crippen molar-refractivity contribution in [2.45, 2.75) is 26.4 Å². The number of rotatable bonds is 4. The van der Waals surface area contributed by atoms with Crippen LogP contribution < -0.4 is 8.61 Å². The van der Waals surface area contributed by atoms with Crippen molar-refractivity contribution in [3.63, 3.8) is 0 Å². The van der Waals surface area contributed by atoms with Crippen LogP contribution in [0.2, 0.25) is 0 Å². The van der Waals surface area contributed by atoms with Gasteiger partial charge in [-0.05, 0) is 56.0 Å². The zero-order valence-electron chi connectivity index (χ0n) is 19.4. The normalized spacial score (nSPS) is 19.2. The quantitative estimate of drug-likeness (QED) is 0.613. The average Bonchev–Trinajstić information content (AvgIpc) is 2.99. The van der Waals surface area contributed by atoms with Gasteiger partial charge in [-0.3, -0.25) is 18.3 Å². The number of ether oxygens (including phenoxy) is 1. The molecule has 2 N–H and O–H groups in total. The van der Waals surface area contributed by atoms with Crippen molar-refractivity contribution in [3.8, 4) is 0 Å². The number of carbonyl (C=O) groups is 1. The van der Waals surface area contributed by atoms with E-state index in [2.05, 4.69) is 4.90 Å². The van der Waals surface area contributed by atoms with E-state index in [1.54, 1.807) is 29.2 Å². The van der Waals surface area contributed by atoms with Crippen LogP contribution in [-0.4, -0.2) is 69.9 Å². The third kappa shape index (κ3) is 4.78. The molecular formula is C23H30F2N4O4S. The third-order valence-electron chi connectivity index (χ3n) is 5.70. The molecule has 186 valence electrons. The third-order valence-corrected chi connectivity index (χ3v) is 7.56. The number of anilines is 3. The molecule has 1 saturated heterocycles. The minimum absolute atomic E-state index is 0.235. The summed E-state index contributed by atoms with van der Waals surface area (Å²) in [4.78, 5) is 16.1. The lowest BCUT2D eigenvalue weighted by Crippen LogP contribution is -2.51. The maximum absolute atomic E-state index is 14.6. The molecule has 1 fully saturated rings. The number of amides is 1. The van der Waals surface area contributed by atoms with Crippen LogP contribution in [0.1, 0.15) is 20.8 Å². The van der Waals surface area contributed by atoms with E-state index in [4.69, 9.17) is 4.74 Å². The Kier molecular flexibility index (Phi) is 6.65. The standard InChI is InChI=1S/C23H30F2N4O4S/c1-23(2,3)33-22(30)27-14-11-26(12-15-27)13-16-28-18-8-4-5-9-19(18)29(34(28,31)32)20-10-6-7-17(24)21(20)25/h4-10,31-32H,11-16H2,1-3H3. The number of para-hydroxylation sites is 2. The van der Waals surface area contributed by atoms with Crippen LogP contribution in [0.3, 0.4) is 0 Å². The summed E-state index contributed by atoms with van der Waals surface area (Å²) in [5.74, 6) is -2.20. The first-order valence-electron chi connectivity index (χ1n) is 11.1. The minimum Gasteiger partial charge on any atom is -0.444 e. The van der Waals surface area contributed by atoms with E-state index in [1.165, 1.54) is 16.4 Å². The van der Waals surface area contributed by atoms with Gasteiger partial charge >= 0.3 is 6.09 Å². The Morgan fingerprint density at radius 2 is 1.56 bits per heavy atom. The predicted octanol–water partition coefficient (Wildman–Crippen LogP) is 5.06. The first kappa shape index (κ1) is 24.5. The van der Waals surface area contributed by atoms with Gasteiger partial charge in [-0.25, -0.2) is 17.9 Å². The van der Waals surface area contributed by atoms with Crippen molar-refractivity contribution in [1.29, 1.82) is 0 Å². The zero-order valence-corrected chi connectivity index (χ0v) is 20.3. The van der Waals surface area contributed by atoms with Crippen LogP contribution >= 0.6 is 11.0 Å². The van der Waals surface area contributed by atoms with E-state index < -0.39 is 28.2 Å². The highest BCUT2D eigenvalue weighted by Crippen LogP contribution is 2.64. The average molecular weight is 497 g/mol. The molecular weight excluding hydrogens is 466 g/mol. The number of hydrogen-bond acceptors (Lipinski definition) is 7. The molecule has 11 heteroatoms. The van der Waals surface area contributed by atoms with Crippen molar-refractivity contribution in [3.05, 3.63) is 54.1 Å². The number of hydrogen-bond donors (Lipinski definition) is 2. The Hall–Kier alpha value is -2.60. The lowest BCUT2D eigenvalue weighted by atomic mass is 10.2. The number of nitrogens with zero attached hydrogens (tertiary/aromatic N) is 4. The summed E-state index contributed by atoms with van der Waals surface area (Å²) in [6, 6.07) is 10.5. The highest BCUT2D eigenvalue weighted by molar-refractivity contribution is 8.27. The van der Waals surface area contributed by atoms with Crippen LogP contribution in [0.25, 0.3) is 0 Å². The molecule has 0 unspecified atom stereocenters. The van der Waals surface area contributed by atoms with Crippen molar-refractivity contribution in [1.82, 2.24) is 9.80 Å². The summed E-state index contributed by atoms with van der Waals surface area (Å²) >= 11 is 0. The summed E-state index contributed by atoms with van der Waals surface area (Å²) in [6.45, 7) is 8.44. The molecule has 4 rings (SSSR count). The lowest BCUT2D eigenvalue weighted by Gasteiger charge is -2.44. The maximum atomic E-state index is 14.6. The van der Waals surface area contributed by atoms with E-state index in [0.29, 0.717) is 44.1 Å². The fourth-order valence-electron chi connectivity index (χ4n) is 4.08. The summed E-state index contributed by atoms with van der Waals surface area (Å²) in [5.41, 5.74) is 0.125. The largest absolute Gasteiger partial charge is 0.444 e. The van der Waals surface area contributed by atoms with E-state index in [1.807, 2.05) is 20.8 Å². The topological polar surface area (TPSA) is 79.7 Å². The molecule has 0 saturated carbocycles. The van der Waals surface area contributed by atoms with E-state index in [0.717, 1.165) is 10.4 Å². The van der Waals surface area contributed by atoms with Gasteiger partial charge in [0.15, 0.2) is 11.6 Å². The second kappa shape index (κ2) is 9.21. The molecule has 0 aromatic heterocycles. The number of fused-ring (bicyclic) bond motifs is 1. The van der Waals surface area contributed by atoms with Crippen LogP contribution in [0.5, 0.6) is 0 Å². The molecule has 0 radical (unpaired) electrons. The fraction of sp³-hybridized carbons (Fsp3) is 0.435. The predicted molar refractivity (Wildman–Crippen MR) is 129 cm³/mol. The highest BCUT2D eigenvalue weighted by Gasteiger charge is 2.43. The van der Waals surface area contributed by atoms with Crippen molar-refractivity contribution in [2.24, 2.45) is 0 Å². The molecule has 2 aromatic rings. The van der Waals surface area contributed by atoms with Gasteiger partial charge < -0.3 is 9.64 Å². The highest BCUT2D eigenvalue weighted by atomic mass is 32.3. The molecule has 2 heterocycles. The Morgan fingerprint density at radius 1 is 0.941 bits per heavy atom. The van der Waals surface area contributed by atoms with Crippen molar-refractivity contribution in [2.75, 3.05) is 47.9 Å². The van der Waals surface area contributed by atoms with Crippen molar-refractivity contribution >= 4 is 34.1 Å². The van der Waals surface area contributed by atoms with Gasteiger partial charge in [0.1, 0.15) is 11.3 Å². The van der Waals surface area contributed by atoms with Crippen LogP contribution in [0.4, 0.5) is 30.6 Å². The molecule has 2 aromatic carbocycles. The Bertz CT molecular complexity index is 1060. The van der Waals surface area contributed by atoms with Gasteiger partial charge in [0.2, 0.25) is 0 Å². The van der Waals surface area contributed by atoms with E-state index >= 15 is 0 Å². The zero-order chi connectivity index (χ0) is 24.7. The molecule has 1 amide bonds. The van der Waals surface area contributed by atoms with Gasteiger partial charge in [0.05, 0.1) is 17.9 Å². The number of carbonyl (C=O) groups excluding carboxylic acids is 1. The van der Waals surface area contributed by atoms with Crippen LogP contribution in [0.15, 0.2) is 42.5 Å². The van der Waals surface area contributed by atoms with Gasteiger partial charge in [0, 0.05) is 32.7 Å². The SMILES string of the molecule is CC(C)(C)OC(=O)N1CCN(CCN2c3ccccc3N(c3cccc(F)c3F)S2(O)O)CC1. The second-order valence-corrected chi connectivity index (χ2v) is 11.0. The first-order chi connectivity index (χ1) is 16.0. The lowest BCUT2D eigenvalue weighted by molar-refractivity contribution is 0.0148. The molecule has 0 spiro atoms. The minimum atomic E-state index is -3.68. The molecule has 0 atom stereocenters. The smallest absolute Gasteiger partial charge is 0.410 e. The van der Waals surface area contributed by atoms with Gasteiger partial charge in [-0.15, -0.1) is 0 Å². The van der Waals surface area contributed by atoms with Gasteiger partial charge in [0.25, 0.3) is 0 Å². The van der Waals surface area contributed by atoms with Crippen molar-refractivity contribution < 1.29 is 27.4 Å². The van der Waals surface area contributed by atoms with Gasteiger partial charge in [-0.1, -0.05) is 18.2 Å². The Morgan fingerprint density at radius 3 is 2.21 bits per heavy atom. The summed E-state index contributed by atoms with van der Waals surface area (Å²) in [6.07, 6.45) is -0.345. The number of halogens is 2. The Labute approximate surface area is 199 Å². The summed E-state index contributed by atoms with van der Waals surface area (Å²) in [5, 5.41) is 0. The molecule has 0 bridgehead atoms. The number of piperazine rings is 1. The first-order valence-corrected chi connectivity index (χ1v) is 12.5. The van der Waals surface area contributed by atoms with E-state index in [9.17, 15) is 22.7 Å². The fourth-order valence-corrected chi connectivity index (χ4v) is 5.84. The van der Waals surface area contributed by atoms with Gasteiger partial charge in [-0.2, -0.15) is 0 Å². The molecule has 34 heavy (non-hydrogen) atoms. The summed E-state index contributed by atoms with van der Waals surface area (Å²) in [7, 11) is -3.68. The second-order valence-electron chi connectivity index (χ2n) is 9.26. The van der Waals surface area contributed by atoms with E-state index in [-0.39, 0.29) is 18.3 Å². The molecule has 2 aliphatic rings. The van der Waals surface area contributed by atoms with Crippen LogP contribution in [-0.2, 0) is 4.74 Å². The Balaban J connectivity index is 1.46.